The Labute approximate surface area is 117 Å². The third-order valence-corrected chi connectivity index (χ3v) is 2.75. The Morgan fingerprint density at radius 2 is 2.16 bits per heavy atom. The summed E-state index contributed by atoms with van der Waals surface area (Å²) in [5, 5.41) is 0.379. The Morgan fingerprint density at radius 1 is 1.47 bits per heavy atom. The second-order valence-corrected chi connectivity index (χ2v) is 4.47. The second-order valence-electron chi connectivity index (χ2n) is 3.68. The molecule has 19 heavy (non-hydrogen) atoms. The zero-order valence-corrected chi connectivity index (χ0v) is 11.8. The summed E-state index contributed by atoms with van der Waals surface area (Å²) >= 11 is 3.10. The van der Waals surface area contributed by atoms with Crippen molar-refractivity contribution < 1.29 is 22.7 Å². The van der Waals surface area contributed by atoms with E-state index in [1.807, 2.05) is 0 Å². The molecule has 1 aromatic rings. The van der Waals surface area contributed by atoms with Gasteiger partial charge in [-0.3, -0.25) is 4.79 Å². The highest BCUT2D eigenvalue weighted by Gasteiger charge is 2.20. The maximum absolute atomic E-state index is 13.2. The number of alkyl halides is 3. The molecule has 0 heterocycles. The van der Waals surface area contributed by atoms with E-state index in [1.54, 1.807) is 0 Å². The van der Waals surface area contributed by atoms with E-state index < -0.39 is 24.7 Å². The number of benzene rings is 1. The lowest BCUT2D eigenvalue weighted by Crippen LogP contribution is -2.36. The molecule has 0 saturated carbocycles. The van der Waals surface area contributed by atoms with E-state index >= 15 is 0 Å². The van der Waals surface area contributed by atoms with Gasteiger partial charge in [-0.15, -0.1) is 0 Å². The molecule has 0 spiro atoms. The fourth-order valence-corrected chi connectivity index (χ4v) is 1.95. The van der Waals surface area contributed by atoms with E-state index in [2.05, 4.69) is 15.9 Å². The van der Waals surface area contributed by atoms with Crippen LogP contribution in [-0.2, 0) is 0 Å². The van der Waals surface area contributed by atoms with E-state index in [1.165, 1.54) is 19.2 Å². The van der Waals surface area contributed by atoms with Crippen LogP contribution in [0.2, 0.25) is 0 Å². The molecule has 106 valence electrons. The van der Waals surface area contributed by atoms with Gasteiger partial charge in [0.1, 0.15) is 0 Å². The highest BCUT2D eigenvalue weighted by Crippen LogP contribution is 2.19. The summed E-state index contributed by atoms with van der Waals surface area (Å²) in [6, 6.07) is 3.51. The number of amides is 1. The van der Waals surface area contributed by atoms with Crippen molar-refractivity contribution in [2.75, 3.05) is 25.5 Å². The first-order chi connectivity index (χ1) is 8.99. The summed E-state index contributed by atoms with van der Waals surface area (Å²) < 4.78 is 42.8. The molecule has 0 saturated heterocycles. The first-order valence-electron chi connectivity index (χ1n) is 5.46. The lowest BCUT2D eigenvalue weighted by Gasteiger charge is -2.21. The van der Waals surface area contributed by atoms with Crippen molar-refractivity contribution in [1.82, 2.24) is 4.90 Å². The average Bonchev–Trinajstić information content (AvgIpc) is 2.37. The molecule has 1 amide bonds. The predicted molar refractivity (Wildman–Crippen MR) is 68.7 cm³/mol. The van der Waals surface area contributed by atoms with Crippen LogP contribution < -0.4 is 4.74 Å². The molecule has 0 aliphatic heterocycles. The van der Waals surface area contributed by atoms with Crippen LogP contribution in [0.3, 0.4) is 0 Å². The highest BCUT2D eigenvalue weighted by atomic mass is 79.9. The van der Waals surface area contributed by atoms with Gasteiger partial charge in [-0.2, -0.15) is 0 Å². The number of carbonyl (C=O) groups excluding carboxylic acids is 1. The molecule has 0 aliphatic carbocycles. The molecule has 7 heteroatoms. The molecule has 0 N–H and O–H groups in total. The lowest BCUT2D eigenvalue weighted by molar-refractivity contribution is 0.0572. The number of halogens is 4. The number of methoxy groups -OCH3 is 1. The average molecular weight is 340 g/mol. The van der Waals surface area contributed by atoms with Gasteiger partial charge in [-0.25, -0.2) is 13.2 Å². The zero-order valence-electron chi connectivity index (χ0n) is 10.2. The SMILES string of the molecule is COc1cc(C(=O)N(CCBr)CC(F)F)ccc1F. The Balaban J connectivity index is 2.95. The van der Waals surface area contributed by atoms with Crippen molar-refractivity contribution in [1.29, 1.82) is 0 Å². The van der Waals surface area contributed by atoms with Crippen LogP contribution in [0.15, 0.2) is 18.2 Å². The Kier molecular flexibility index (Phi) is 6.14. The first-order valence-corrected chi connectivity index (χ1v) is 6.58. The minimum Gasteiger partial charge on any atom is -0.494 e. The number of hydrogen-bond acceptors (Lipinski definition) is 2. The smallest absolute Gasteiger partial charge is 0.255 e. The molecule has 0 bridgehead atoms. The zero-order chi connectivity index (χ0) is 14.4. The molecule has 0 unspecified atom stereocenters. The van der Waals surface area contributed by atoms with Gasteiger partial charge < -0.3 is 9.64 Å². The minimum atomic E-state index is -2.62. The Bertz CT molecular complexity index is 443. The van der Waals surface area contributed by atoms with Crippen LogP contribution in [0.25, 0.3) is 0 Å². The molecule has 0 aliphatic rings. The van der Waals surface area contributed by atoms with Gasteiger partial charge in [-0.05, 0) is 18.2 Å². The van der Waals surface area contributed by atoms with Gasteiger partial charge >= 0.3 is 0 Å². The van der Waals surface area contributed by atoms with Crippen LogP contribution in [0.1, 0.15) is 10.4 Å². The fourth-order valence-electron chi connectivity index (χ4n) is 1.52. The van der Waals surface area contributed by atoms with E-state index in [-0.39, 0.29) is 17.9 Å². The van der Waals surface area contributed by atoms with Crippen molar-refractivity contribution in [3.05, 3.63) is 29.6 Å². The Hall–Kier alpha value is -1.24. The normalized spacial score (nSPS) is 10.6. The van der Waals surface area contributed by atoms with E-state index in [0.717, 1.165) is 11.0 Å². The van der Waals surface area contributed by atoms with Gasteiger partial charge in [-0.1, -0.05) is 15.9 Å². The van der Waals surface area contributed by atoms with E-state index in [0.29, 0.717) is 5.33 Å². The van der Waals surface area contributed by atoms with E-state index in [4.69, 9.17) is 4.74 Å². The lowest BCUT2D eigenvalue weighted by atomic mass is 10.2. The molecule has 3 nitrogen and oxygen atoms in total. The van der Waals surface area contributed by atoms with E-state index in [9.17, 15) is 18.0 Å². The summed E-state index contributed by atoms with van der Waals surface area (Å²) in [4.78, 5) is 13.0. The number of ether oxygens (including phenoxy) is 1. The van der Waals surface area contributed by atoms with Gasteiger partial charge in [0.25, 0.3) is 12.3 Å². The molecule has 0 fully saturated rings. The van der Waals surface area contributed by atoms with Gasteiger partial charge in [0, 0.05) is 17.4 Å². The highest BCUT2D eigenvalue weighted by molar-refractivity contribution is 9.09. The predicted octanol–water partition coefficient (Wildman–Crippen LogP) is 2.94. The minimum absolute atomic E-state index is 0.0957. The van der Waals surface area contributed by atoms with Gasteiger partial charge in [0.2, 0.25) is 0 Å². The standard InChI is InChI=1S/C12H13BrF3NO2/c1-19-10-6-8(2-3-9(10)14)12(18)17(5-4-13)7-11(15)16/h2-3,6,11H,4-5,7H2,1H3. The summed E-state index contributed by atoms with van der Waals surface area (Å²) in [7, 11) is 1.27. The van der Waals surface area contributed by atoms with Crippen LogP contribution in [0, 0.1) is 5.82 Å². The fraction of sp³-hybridized carbons (Fsp3) is 0.417. The summed E-state index contributed by atoms with van der Waals surface area (Å²) in [5.74, 6) is -1.29. The van der Waals surface area contributed by atoms with Crippen LogP contribution in [0.5, 0.6) is 5.75 Å². The van der Waals surface area contributed by atoms with Crippen LogP contribution in [0.4, 0.5) is 13.2 Å². The van der Waals surface area contributed by atoms with Crippen molar-refractivity contribution in [3.8, 4) is 5.75 Å². The van der Waals surface area contributed by atoms with Gasteiger partial charge in [0.15, 0.2) is 11.6 Å². The van der Waals surface area contributed by atoms with Crippen molar-refractivity contribution in [3.63, 3.8) is 0 Å². The summed E-state index contributed by atoms with van der Waals surface area (Å²) in [5.41, 5.74) is 0.111. The quantitative estimate of drug-likeness (QED) is 0.746. The number of carbonyl (C=O) groups is 1. The topological polar surface area (TPSA) is 29.5 Å². The monoisotopic (exact) mass is 339 g/mol. The third kappa shape index (κ3) is 4.41. The molecule has 0 aromatic heterocycles. The molecule has 1 aromatic carbocycles. The third-order valence-electron chi connectivity index (χ3n) is 2.40. The van der Waals surface area contributed by atoms with Crippen LogP contribution >= 0.6 is 15.9 Å². The summed E-state index contributed by atoms with van der Waals surface area (Å²) in [6.45, 7) is -0.521. The maximum Gasteiger partial charge on any atom is 0.255 e. The van der Waals surface area contributed by atoms with Crippen molar-refractivity contribution in [2.45, 2.75) is 6.43 Å². The molecule has 0 atom stereocenters. The van der Waals surface area contributed by atoms with Crippen molar-refractivity contribution >= 4 is 21.8 Å². The second kappa shape index (κ2) is 7.37. The van der Waals surface area contributed by atoms with Crippen molar-refractivity contribution in [2.24, 2.45) is 0 Å². The number of rotatable bonds is 6. The molecular formula is C12H13BrF3NO2. The maximum atomic E-state index is 13.2. The number of nitrogens with zero attached hydrogens (tertiary/aromatic N) is 1. The summed E-state index contributed by atoms with van der Waals surface area (Å²) in [6.07, 6.45) is -2.62. The van der Waals surface area contributed by atoms with Crippen LogP contribution in [-0.4, -0.2) is 42.8 Å². The molecular weight excluding hydrogens is 327 g/mol. The van der Waals surface area contributed by atoms with Gasteiger partial charge in [0.05, 0.1) is 13.7 Å². The number of hydrogen-bond donors (Lipinski definition) is 0. The Morgan fingerprint density at radius 3 is 2.68 bits per heavy atom. The largest absolute Gasteiger partial charge is 0.494 e. The molecule has 1 rings (SSSR count). The first kappa shape index (κ1) is 15.8. The molecule has 0 radical (unpaired) electrons.